The van der Waals surface area contributed by atoms with Crippen molar-refractivity contribution >= 4 is 11.6 Å². The Morgan fingerprint density at radius 2 is 2.06 bits per heavy atom. The fraction of sp³-hybridized carbons (Fsp3) is 0.500. The van der Waals surface area contributed by atoms with Crippen LogP contribution in [0.25, 0.3) is 0 Å². The summed E-state index contributed by atoms with van der Waals surface area (Å²) in [5.41, 5.74) is 0.739. The fourth-order valence-corrected chi connectivity index (χ4v) is 1.49. The van der Waals surface area contributed by atoms with Crippen LogP contribution in [0.3, 0.4) is 0 Å². The summed E-state index contributed by atoms with van der Waals surface area (Å²) < 4.78 is 0. The van der Waals surface area contributed by atoms with Crippen molar-refractivity contribution in [1.29, 1.82) is 0 Å². The molecule has 0 spiro atoms. The Morgan fingerprint density at radius 1 is 1.38 bits per heavy atom. The van der Waals surface area contributed by atoms with E-state index in [1.165, 1.54) is 0 Å². The number of aliphatic hydroxyl groups is 1. The van der Waals surface area contributed by atoms with Gasteiger partial charge in [0.25, 0.3) is 0 Å². The third-order valence-corrected chi connectivity index (χ3v) is 2.81. The molecule has 1 aromatic carbocycles. The van der Waals surface area contributed by atoms with E-state index < -0.39 is 0 Å². The molecule has 0 aliphatic rings. The van der Waals surface area contributed by atoms with Crippen LogP contribution < -0.4 is 5.32 Å². The van der Waals surface area contributed by atoms with E-state index in [1.54, 1.807) is 18.2 Å². The van der Waals surface area contributed by atoms with Gasteiger partial charge in [0.2, 0.25) is 0 Å². The third kappa shape index (κ3) is 3.67. The fourth-order valence-electron chi connectivity index (χ4n) is 1.29. The highest BCUT2D eigenvalue weighted by molar-refractivity contribution is 6.32. The molecule has 0 radical (unpaired) electrons. The number of phenolic OH excluding ortho intramolecular Hbond substituents is 1. The topological polar surface area (TPSA) is 52.5 Å². The summed E-state index contributed by atoms with van der Waals surface area (Å²) in [5.74, 6) is 0.330. The lowest BCUT2D eigenvalue weighted by molar-refractivity contribution is 0.123. The summed E-state index contributed by atoms with van der Waals surface area (Å²) >= 11 is 5.78. The average Bonchev–Trinajstić information content (AvgIpc) is 2.24. The second-order valence-corrected chi connectivity index (χ2v) is 4.60. The van der Waals surface area contributed by atoms with E-state index in [2.05, 4.69) is 5.32 Å². The Morgan fingerprint density at radius 3 is 2.69 bits per heavy atom. The van der Waals surface area contributed by atoms with Gasteiger partial charge < -0.3 is 15.5 Å². The number of aliphatic hydroxyl groups excluding tert-OH is 1. The molecule has 1 aromatic rings. The molecule has 0 saturated heterocycles. The molecule has 3 nitrogen and oxygen atoms in total. The van der Waals surface area contributed by atoms with Crippen LogP contribution in [0, 0.1) is 5.92 Å². The normalized spacial score (nSPS) is 13.1. The molecule has 1 atom stereocenters. The van der Waals surface area contributed by atoms with E-state index in [9.17, 15) is 10.2 Å². The Kier molecular flexibility index (Phi) is 5.06. The molecular formula is C12H18ClNO2. The number of hydrogen-bond acceptors (Lipinski definition) is 3. The minimum absolute atomic E-state index is 0.107. The van der Waals surface area contributed by atoms with Crippen molar-refractivity contribution < 1.29 is 10.2 Å². The minimum Gasteiger partial charge on any atom is -0.506 e. The summed E-state index contributed by atoms with van der Waals surface area (Å²) in [7, 11) is 0. The number of rotatable bonds is 5. The predicted molar refractivity (Wildman–Crippen MR) is 65.7 cm³/mol. The number of hydrogen-bond donors (Lipinski definition) is 3. The Labute approximate surface area is 101 Å². The zero-order valence-corrected chi connectivity index (χ0v) is 10.3. The van der Waals surface area contributed by atoms with E-state index in [-0.39, 0.29) is 17.8 Å². The van der Waals surface area contributed by atoms with Gasteiger partial charge in [-0.05, 0) is 12.0 Å². The van der Waals surface area contributed by atoms with Gasteiger partial charge >= 0.3 is 0 Å². The molecule has 0 saturated carbocycles. The van der Waals surface area contributed by atoms with Gasteiger partial charge in [-0.2, -0.15) is 0 Å². The molecule has 0 heterocycles. The molecule has 4 heteroatoms. The second-order valence-electron chi connectivity index (χ2n) is 4.19. The number of aromatic hydroxyl groups is 1. The van der Waals surface area contributed by atoms with E-state index in [4.69, 9.17) is 11.6 Å². The van der Waals surface area contributed by atoms with Crippen molar-refractivity contribution in [1.82, 2.24) is 5.32 Å². The summed E-state index contributed by atoms with van der Waals surface area (Å²) in [5, 5.41) is 22.6. The van der Waals surface area contributed by atoms with Crippen LogP contribution in [-0.2, 0) is 6.54 Å². The summed E-state index contributed by atoms with van der Waals surface area (Å²) in [4.78, 5) is 0. The quantitative estimate of drug-likeness (QED) is 0.743. The van der Waals surface area contributed by atoms with Crippen LogP contribution in [-0.4, -0.2) is 22.9 Å². The molecule has 16 heavy (non-hydrogen) atoms. The highest BCUT2D eigenvalue weighted by Crippen LogP contribution is 2.26. The smallest absolute Gasteiger partial charge is 0.138 e. The van der Waals surface area contributed by atoms with Crippen LogP contribution >= 0.6 is 11.6 Å². The molecule has 1 unspecified atom stereocenters. The molecular weight excluding hydrogens is 226 g/mol. The molecule has 0 aromatic heterocycles. The molecule has 0 aliphatic carbocycles. The lowest BCUT2D eigenvalue weighted by Crippen LogP contribution is -2.30. The van der Waals surface area contributed by atoms with Gasteiger partial charge in [-0.1, -0.05) is 37.6 Å². The Hall–Kier alpha value is -0.770. The van der Waals surface area contributed by atoms with Gasteiger partial charge in [0.1, 0.15) is 5.75 Å². The molecule has 3 N–H and O–H groups in total. The first-order valence-electron chi connectivity index (χ1n) is 5.37. The zero-order chi connectivity index (χ0) is 12.1. The summed E-state index contributed by atoms with van der Waals surface area (Å²) in [6, 6.07) is 5.23. The van der Waals surface area contributed by atoms with E-state index in [1.807, 2.05) is 13.8 Å². The van der Waals surface area contributed by atoms with Gasteiger partial charge in [-0.25, -0.2) is 0 Å². The lowest BCUT2D eigenvalue weighted by atomic mass is 10.1. The third-order valence-electron chi connectivity index (χ3n) is 2.51. The van der Waals surface area contributed by atoms with Crippen LogP contribution in [0.2, 0.25) is 5.02 Å². The first kappa shape index (κ1) is 13.3. The van der Waals surface area contributed by atoms with Crippen molar-refractivity contribution in [3.05, 3.63) is 28.8 Å². The molecule has 0 bridgehead atoms. The lowest BCUT2D eigenvalue weighted by Gasteiger charge is -2.15. The van der Waals surface area contributed by atoms with Gasteiger partial charge in [0.05, 0.1) is 11.1 Å². The molecule has 0 aliphatic heterocycles. The summed E-state index contributed by atoms with van der Waals surface area (Å²) in [6.45, 7) is 4.92. The molecule has 0 amide bonds. The maximum absolute atomic E-state index is 9.64. The van der Waals surface area contributed by atoms with E-state index in [0.717, 1.165) is 5.56 Å². The number of benzene rings is 1. The number of nitrogens with one attached hydrogen (secondary N) is 1. The van der Waals surface area contributed by atoms with Crippen molar-refractivity contribution in [2.75, 3.05) is 6.54 Å². The van der Waals surface area contributed by atoms with Gasteiger partial charge in [0.15, 0.2) is 0 Å². The first-order valence-corrected chi connectivity index (χ1v) is 5.75. The number of phenols is 1. The van der Waals surface area contributed by atoms with E-state index >= 15 is 0 Å². The monoisotopic (exact) mass is 243 g/mol. The van der Waals surface area contributed by atoms with Gasteiger partial charge in [-0.15, -0.1) is 0 Å². The highest BCUT2D eigenvalue weighted by Gasteiger charge is 2.09. The second kappa shape index (κ2) is 6.09. The summed E-state index contributed by atoms with van der Waals surface area (Å²) in [6.07, 6.45) is -0.374. The van der Waals surface area contributed by atoms with Crippen LogP contribution in [0.5, 0.6) is 5.75 Å². The van der Waals surface area contributed by atoms with Gasteiger partial charge in [-0.3, -0.25) is 0 Å². The highest BCUT2D eigenvalue weighted by atomic mass is 35.5. The van der Waals surface area contributed by atoms with Crippen LogP contribution in [0.15, 0.2) is 18.2 Å². The van der Waals surface area contributed by atoms with Crippen molar-refractivity contribution in [3.8, 4) is 5.75 Å². The molecule has 0 fully saturated rings. The van der Waals surface area contributed by atoms with Crippen molar-refractivity contribution in [2.24, 2.45) is 5.92 Å². The van der Waals surface area contributed by atoms with Crippen LogP contribution in [0.1, 0.15) is 19.4 Å². The van der Waals surface area contributed by atoms with Crippen molar-refractivity contribution in [3.63, 3.8) is 0 Å². The minimum atomic E-state index is -0.374. The number of halogens is 1. The predicted octanol–water partition coefficient (Wildman–Crippen LogP) is 2.15. The van der Waals surface area contributed by atoms with E-state index in [0.29, 0.717) is 18.1 Å². The maximum Gasteiger partial charge on any atom is 0.138 e. The number of para-hydroxylation sites is 1. The molecule has 90 valence electrons. The van der Waals surface area contributed by atoms with Gasteiger partial charge in [0, 0.05) is 18.7 Å². The van der Waals surface area contributed by atoms with Crippen molar-refractivity contribution in [2.45, 2.75) is 26.5 Å². The Balaban J connectivity index is 2.46. The average molecular weight is 244 g/mol. The molecule has 1 rings (SSSR count). The van der Waals surface area contributed by atoms with Crippen LogP contribution in [0.4, 0.5) is 0 Å². The standard InChI is InChI=1S/C12H18ClNO2/c1-8(2)11(15)7-14-6-9-4-3-5-10(13)12(9)16/h3-5,8,11,14-16H,6-7H2,1-2H3. The maximum atomic E-state index is 9.64. The SMILES string of the molecule is CC(C)C(O)CNCc1cccc(Cl)c1O. The first-order chi connectivity index (χ1) is 7.52. The largest absolute Gasteiger partial charge is 0.506 e. The Bertz CT molecular complexity index is 342. The zero-order valence-electron chi connectivity index (χ0n) is 9.57.